The van der Waals surface area contributed by atoms with Crippen LogP contribution in [0.2, 0.25) is 0 Å². The highest BCUT2D eigenvalue weighted by Crippen LogP contribution is 2.35. The Balaban J connectivity index is 2.41. The first-order chi connectivity index (χ1) is 5.08. The molecule has 0 radical (unpaired) electrons. The minimum atomic E-state index is -1.87. The Bertz CT molecular complexity index is 249. The topological polar surface area (TPSA) is 45.8 Å². The molecule has 1 rings (SSSR count). The normalized spacial score (nSPS) is 11.8. The van der Waals surface area contributed by atoms with E-state index in [2.05, 4.69) is 9.97 Å². The maximum absolute atomic E-state index is 11.3. The third-order valence-corrected chi connectivity index (χ3v) is 2.74. The van der Waals surface area contributed by atoms with Gasteiger partial charge in [0.25, 0.3) is 0 Å². The molecule has 0 unspecified atom stereocenters. The SMILES string of the molecule is CP(C)(=O)CCc1ncc[nH]1. The van der Waals surface area contributed by atoms with Crippen LogP contribution in [0.25, 0.3) is 0 Å². The van der Waals surface area contributed by atoms with Gasteiger partial charge in [0.15, 0.2) is 0 Å². The quantitative estimate of drug-likeness (QED) is 0.703. The molecule has 0 spiro atoms. The van der Waals surface area contributed by atoms with E-state index >= 15 is 0 Å². The van der Waals surface area contributed by atoms with Gasteiger partial charge in [0.05, 0.1) is 7.14 Å². The summed E-state index contributed by atoms with van der Waals surface area (Å²) in [6, 6.07) is 0. The lowest BCUT2D eigenvalue weighted by atomic mass is 10.5. The number of hydrogen-bond donors (Lipinski definition) is 1. The summed E-state index contributed by atoms with van der Waals surface area (Å²) in [5.74, 6) is 0.925. The molecular weight excluding hydrogens is 159 g/mol. The second-order valence-electron chi connectivity index (χ2n) is 3.08. The van der Waals surface area contributed by atoms with Crippen LogP contribution in [0.15, 0.2) is 12.4 Å². The fourth-order valence-electron chi connectivity index (χ4n) is 0.810. The van der Waals surface area contributed by atoms with Gasteiger partial charge in [0, 0.05) is 25.0 Å². The fraction of sp³-hybridized carbons (Fsp3) is 0.571. The zero-order valence-corrected chi connectivity index (χ0v) is 7.77. The molecule has 1 N–H and O–H groups in total. The maximum atomic E-state index is 11.3. The van der Waals surface area contributed by atoms with Gasteiger partial charge < -0.3 is 9.55 Å². The Morgan fingerprint density at radius 1 is 1.64 bits per heavy atom. The van der Waals surface area contributed by atoms with Crippen molar-refractivity contribution in [1.82, 2.24) is 9.97 Å². The molecule has 1 heterocycles. The van der Waals surface area contributed by atoms with Crippen LogP contribution in [0, 0.1) is 0 Å². The molecule has 0 aromatic carbocycles. The van der Waals surface area contributed by atoms with Crippen LogP contribution in [0.1, 0.15) is 5.82 Å². The molecule has 0 saturated heterocycles. The number of aryl methyl sites for hydroxylation is 1. The van der Waals surface area contributed by atoms with Gasteiger partial charge in [-0.1, -0.05) is 0 Å². The van der Waals surface area contributed by atoms with Crippen molar-refractivity contribution < 1.29 is 4.57 Å². The van der Waals surface area contributed by atoms with E-state index < -0.39 is 7.14 Å². The summed E-state index contributed by atoms with van der Waals surface area (Å²) in [6.45, 7) is 3.60. The average molecular weight is 172 g/mol. The first-order valence-electron chi connectivity index (χ1n) is 3.60. The third kappa shape index (κ3) is 3.38. The third-order valence-electron chi connectivity index (χ3n) is 1.44. The Morgan fingerprint density at radius 3 is 2.82 bits per heavy atom. The molecule has 11 heavy (non-hydrogen) atoms. The molecule has 4 heteroatoms. The van der Waals surface area contributed by atoms with E-state index in [-0.39, 0.29) is 0 Å². The molecule has 0 bridgehead atoms. The minimum Gasteiger partial charge on any atom is -0.349 e. The molecule has 0 aliphatic heterocycles. The number of aromatic nitrogens is 2. The maximum Gasteiger partial charge on any atom is 0.106 e. The lowest BCUT2D eigenvalue weighted by molar-refractivity contribution is 0.581. The van der Waals surface area contributed by atoms with Crippen LogP contribution in [0.3, 0.4) is 0 Å². The Labute approximate surface area is 66.6 Å². The van der Waals surface area contributed by atoms with E-state index in [1.807, 2.05) is 0 Å². The summed E-state index contributed by atoms with van der Waals surface area (Å²) in [5.41, 5.74) is 0. The highest BCUT2D eigenvalue weighted by atomic mass is 31.2. The fourth-order valence-corrected chi connectivity index (χ4v) is 1.56. The highest BCUT2D eigenvalue weighted by molar-refractivity contribution is 7.62. The molecule has 0 atom stereocenters. The number of hydrogen-bond acceptors (Lipinski definition) is 2. The lowest BCUT2D eigenvalue weighted by Gasteiger charge is -2.02. The minimum absolute atomic E-state index is 0.737. The first kappa shape index (κ1) is 8.54. The van der Waals surface area contributed by atoms with E-state index in [9.17, 15) is 4.57 Å². The molecule has 3 nitrogen and oxygen atoms in total. The van der Waals surface area contributed by atoms with Crippen LogP contribution < -0.4 is 0 Å². The van der Waals surface area contributed by atoms with Crippen molar-refractivity contribution in [2.24, 2.45) is 0 Å². The zero-order chi connectivity index (χ0) is 8.32. The summed E-state index contributed by atoms with van der Waals surface area (Å²) < 4.78 is 11.3. The first-order valence-corrected chi connectivity index (χ1v) is 6.39. The summed E-state index contributed by atoms with van der Waals surface area (Å²) >= 11 is 0. The van der Waals surface area contributed by atoms with Crippen molar-refractivity contribution >= 4 is 7.14 Å². The molecule has 0 fully saturated rings. The summed E-state index contributed by atoms with van der Waals surface area (Å²) in [7, 11) is -1.87. The van der Waals surface area contributed by atoms with Crippen molar-refractivity contribution in [3.63, 3.8) is 0 Å². The average Bonchev–Trinajstić information content (AvgIpc) is 2.32. The molecule has 1 aromatic heterocycles. The van der Waals surface area contributed by atoms with E-state index in [1.54, 1.807) is 25.7 Å². The lowest BCUT2D eigenvalue weighted by Crippen LogP contribution is -1.94. The predicted octanol–water partition coefficient (Wildman–Crippen LogP) is 1.57. The molecule has 1 aromatic rings. The van der Waals surface area contributed by atoms with Crippen LogP contribution in [-0.4, -0.2) is 29.5 Å². The van der Waals surface area contributed by atoms with Gasteiger partial charge in [-0.05, 0) is 13.3 Å². The predicted molar refractivity (Wildman–Crippen MR) is 46.6 cm³/mol. The van der Waals surface area contributed by atoms with Gasteiger partial charge in [-0.3, -0.25) is 0 Å². The van der Waals surface area contributed by atoms with Crippen molar-refractivity contribution in [3.05, 3.63) is 18.2 Å². The molecule has 0 aliphatic rings. The zero-order valence-electron chi connectivity index (χ0n) is 6.87. The van der Waals surface area contributed by atoms with Crippen LogP contribution in [-0.2, 0) is 11.0 Å². The number of rotatable bonds is 3. The summed E-state index contributed by atoms with van der Waals surface area (Å²) in [6.07, 6.45) is 5.02. The molecule has 62 valence electrons. The number of imidazole rings is 1. The van der Waals surface area contributed by atoms with Crippen molar-refractivity contribution in [2.45, 2.75) is 6.42 Å². The van der Waals surface area contributed by atoms with E-state index in [4.69, 9.17) is 0 Å². The van der Waals surface area contributed by atoms with Crippen molar-refractivity contribution in [2.75, 3.05) is 19.5 Å². The van der Waals surface area contributed by atoms with E-state index in [1.165, 1.54) is 0 Å². The van der Waals surface area contributed by atoms with Gasteiger partial charge in [0.1, 0.15) is 5.82 Å². The highest BCUT2D eigenvalue weighted by Gasteiger charge is 2.07. The second-order valence-corrected chi connectivity index (χ2v) is 6.68. The van der Waals surface area contributed by atoms with Crippen molar-refractivity contribution in [1.29, 1.82) is 0 Å². The molecule has 0 saturated carbocycles. The van der Waals surface area contributed by atoms with Crippen molar-refractivity contribution in [3.8, 4) is 0 Å². The van der Waals surface area contributed by atoms with E-state index in [0.717, 1.165) is 18.4 Å². The second kappa shape index (κ2) is 3.22. The van der Waals surface area contributed by atoms with Gasteiger partial charge in [-0.15, -0.1) is 0 Å². The standard InChI is InChI=1S/C7H13N2OP/c1-11(2,10)6-3-7-8-4-5-9-7/h4-5H,3,6H2,1-2H3,(H,8,9). The monoisotopic (exact) mass is 172 g/mol. The summed E-state index contributed by atoms with van der Waals surface area (Å²) in [4.78, 5) is 7.02. The Morgan fingerprint density at radius 2 is 2.36 bits per heavy atom. The molecule has 0 aliphatic carbocycles. The van der Waals surface area contributed by atoms with Gasteiger partial charge in [0.2, 0.25) is 0 Å². The van der Waals surface area contributed by atoms with Gasteiger partial charge >= 0.3 is 0 Å². The Hall–Kier alpha value is -0.560. The Kier molecular flexibility index (Phi) is 2.50. The number of nitrogens with zero attached hydrogens (tertiary/aromatic N) is 1. The van der Waals surface area contributed by atoms with Crippen LogP contribution in [0.5, 0.6) is 0 Å². The largest absolute Gasteiger partial charge is 0.349 e. The smallest absolute Gasteiger partial charge is 0.106 e. The van der Waals surface area contributed by atoms with Crippen LogP contribution in [0.4, 0.5) is 0 Å². The number of nitrogens with one attached hydrogen (secondary N) is 1. The molecular formula is C7H13N2OP. The summed E-state index contributed by atoms with van der Waals surface area (Å²) in [5, 5.41) is 0. The van der Waals surface area contributed by atoms with Gasteiger partial charge in [-0.25, -0.2) is 4.98 Å². The number of aromatic amines is 1. The van der Waals surface area contributed by atoms with Gasteiger partial charge in [-0.2, -0.15) is 0 Å². The molecule has 0 amide bonds. The van der Waals surface area contributed by atoms with E-state index in [0.29, 0.717) is 0 Å². The number of H-pyrrole nitrogens is 1. The van der Waals surface area contributed by atoms with Crippen LogP contribution >= 0.6 is 7.14 Å².